The van der Waals surface area contributed by atoms with E-state index in [9.17, 15) is 55.5 Å². The summed E-state index contributed by atoms with van der Waals surface area (Å²) < 4.78 is 159. The molecule has 1 rings (SSSR count). The zero-order valence-electron chi connectivity index (χ0n) is 12.1. The van der Waals surface area contributed by atoms with Crippen molar-refractivity contribution in [1.29, 1.82) is 0 Å². The van der Waals surface area contributed by atoms with Gasteiger partial charge in [0.25, 0.3) is 20.0 Å². The van der Waals surface area contributed by atoms with E-state index in [1.54, 1.807) is 0 Å². The summed E-state index contributed by atoms with van der Waals surface area (Å²) in [5.74, 6) is -7.17. The Kier molecular flexibility index (Phi) is 5.99. The molecule has 0 saturated carbocycles. The third kappa shape index (κ3) is 3.77. The number of alkyl halides is 6. The van der Waals surface area contributed by atoms with E-state index in [1.807, 2.05) is 0 Å². The molecule has 156 valence electrons. The average Bonchev–Trinajstić information content (AvgIpc) is 2.44. The molecule has 26 heavy (non-hydrogen) atoms. The maximum absolute atomic E-state index is 13.8. The number of nitrogens with zero attached hydrogens (tertiary/aromatic N) is 1. The van der Waals surface area contributed by atoms with Crippen LogP contribution in [-0.2, 0) is 30.5 Å². The van der Waals surface area contributed by atoms with Crippen LogP contribution in [0.3, 0.4) is 0 Å². The summed E-state index contributed by atoms with van der Waals surface area (Å²) in [6.07, 6.45) is 0. The highest BCUT2D eigenvalue weighted by Crippen LogP contribution is 2.51. The average molecular weight is 461 g/mol. The van der Waals surface area contributed by atoms with Gasteiger partial charge in [0.05, 0.1) is 0 Å². The van der Waals surface area contributed by atoms with Gasteiger partial charge in [0.1, 0.15) is 0 Å². The van der Waals surface area contributed by atoms with Gasteiger partial charge < -0.3 is 5.32 Å². The van der Waals surface area contributed by atoms with Gasteiger partial charge in [-0.15, -0.1) is 0 Å². The number of hydrogen-bond acceptors (Lipinski definition) is 7. The minimum absolute atomic E-state index is 0.278. The maximum Gasteiger partial charge on any atom is 0.429 e. The number of hydrogen-bond donors (Lipinski definition) is 2. The first kappa shape index (κ1) is 23.3. The fourth-order valence-corrected chi connectivity index (χ4v) is 5.17. The molecular weight excluding hydrogens is 451 g/mol. The molecule has 0 atom stereocenters. The number of sulfonamides is 2. The summed E-state index contributed by atoms with van der Waals surface area (Å²) in [5.41, 5.74) is 0. The fraction of sp³-hybridized carbons (Fsp3) is 1.00. The van der Waals surface area contributed by atoms with Crippen molar-refractivity contribution in [3.05, 3.63) is 0 Å². The maximum atomic E-state index is 13.8. The molecule has 1 aliphatic heterocycles. The van der Waals surface area contributed by atoms with Crippen molar-refractivity contribution in [3.8, 4) is 0 Å². The Labute approximate surface area is 143 Å². The molecule has 0 aromatic heterocycles. The lowest BCUT2D eigenvalue weighted by atomic mass is 10.3. The lowest BCUT2D eigenvalue weighted by Gasteiger charge is -2.35. The number of nitrogens with one attached hydrogen (secondary N) is 2. The van der Waals surface area contributed by atoms with E-state index >= 15 is 0 Å². The van der Waals surface area contributed by atoms with E-state index in [4.69, 9.17) is 0 Å². The van der Waals surface area contributed by atoms with Crippen LogP contribution in [0.4, 0.5) is 30.2 Å². The molecule has 0 bridgehead atoms. The van der Waals surface area contributed by atoms with E-state index in [0.29, 0.717) is 0 Å². The zero-order valence-corrected chi connectivity index (χ0v) is 14.5. The third-order valence-electron chi connectivity index (χ3n) is 3.02. The highest BCUT2D eigenvalue weighted by molar-refractivity contribution is 8.03. The van der Waals surface area contributed by atoms with Gasteiger partial charge in [-0.3, -0.25) is 0 Å². The molecule has 2 N–H and O–H groups in total. The highest BCUT2D eigenvalue weighted by Gasteiger charge is 2.82. The number of rotatable bonds is 7. The topological polar surface area (TPSA) is 130 Å². The van der Waals surface area contributed by atoms with Gasteiger partial charge >= 0.3 is 26.8 Å². The predicted octanol–water partition coefficient (Wildman–Crippen LogP) is -0.824. The van der Waals surface area contributed by atoms with E-state index in [1.165, 1.54) is 0 Å². The van der Waals surface area contributed by atoms with Gasteiger partial charge in [-0.05, 0) is 0 Å². The summed E-state index contributed by atoms with van der Waals surface area (Å²) in [6, 6.07) is 0. The standard InChI is InChI=1S/C7H10F7N3O6S3/c8-5(9,6(10,11)24(18,19)16-26(14,22)23)7(12,13)25(20,21)17-3-1-15-2-4-17/h15-16H,1-4H2. The summed E-state index contributed by atoms with van der Waals surface area (Å²) >= 11 is 0. The van der Waals surface area contributed by atoms with Crippen LogP contribution in [0, 0.1) is 0 Å². The lowest BCUT2D eigenvalue weighted by Crippen LogP contribution is -2.65. The van der Waals surface area contributed by atoms with Crippen molar-refractivity contribution >= 4 is 30.5 Å². The van der Waals surface area contributed by atoms with Crippen LogP contribution in [0.25, 0.3) is 0 Å². The van der Waals surface area contributed by atoms with Crippen molar-refractivity contribution in [1.82, 2.24) is 13.7 Å². The van der Waals surface area contributed by atoms with Crippen molar-refractivity contribution in [2.45, 2.75) is 16.4 Å². The number of piperazine rings is 1. The smallest absolute Gasteiger partial charge is 0.314 e. The van der Waals surface area contributed by atoms with Gasteiger partial charge in [-0.25, -0.2) is 16.8 Å². The Bertz CT molecular complexity index is 850. The molecule has 0 unspecified atom stereocenters. The monoisotopic (exact) mass is 461 g/mol. The third-order valence-corrected chi connectivity index (χ3v) is 7.57. The van der Waals surface area contributed by atoms with Crippen LogP contribution in [0.5, 0.6) is 0 Å². The van der Waals surface area contributed by atoms with Crippen molar-refractivity contribution < 1.29 is 55.5 Å². The zero-order chi connectivity index (χ0) is 20.8. The van der Waals surface area contributed by atoms with E-state index in [0.717, 1.165) is 0 Å². The second-order valence-electron chi connectivity index (χ2n) is 4.79. The summed E-state index contributed by atoms with van der Waals surface area (Å²) in [5, 5.41) is -11.3. The molecular formula is C7H10F7N3O6S3. The van der Waals surface area contributed by atoms with Crippen molar-refractivity contribution in [2.24, 2.45) is 0 Å². The summed E-state index contributed by atoms with van der Waals surface area (Å²) in [6.45, 7) is -2.22. The fourth-order valence-electron chi connectivity index (χ4n) is 1.73. The molecule has 0 radical (unpaired) electrons. The molecule has 1 aliphatic rings. The first-order chi connectivity index (χ1) is 11.3. The molecule has 0 amide bonds. The van der Waals surface area contributed by atoms with Crippen LogP contribution < -0.4 is 9.44 Å². The van der Waals surface area contributed by atoms with E-state index in [2.05, 4.69) is 5.32 Å². The Morgan fingerprint density at radius 3 is 1.62 bits per heavy atom. The molecule has 0 aromatic rings. The minimum Gasteiger partial charge on any atom is -0.314 e. The van der Waals surface area contributed by atoms with Crippen LogP contribution >= 0.6 is 0 Å². The largest absolute Gasteiger partial charge is 0.429 e. The minimum atomic E-state index is -7.32. The lowest BCUT2D eigenvalue weighted by molar-refractivity contribution is -0.245. The van der Waals surface area contributed by atoms with Gasteiger partial charge in [0.15, 0.2) is 0 Å². The molecule has 19 heteroatoms. The van der Waals surface area contributed by atoms with Crippen LogP contribution in [0.2, 0.25) is 0 Å². The Morgan fingerprint density at radius 1 is 0.808 bits per heavy atom. The first-order valence-electron chi connectivity index (χ1n) is 6.13. The summed E-state index contributed by atoms with van der Waals surface area (Å²) in [4.78, 5) is 0. The second-order valence-corrected chi connectivity index (χ2v) is 9.83. The normalized spacial score (nSPS) is 19.5. The summed E-state index contributed by atoms with van der Waals surface area (Å²) in [7, 11) is -20.4. The van der Waals surface area contributed by atoms with Crippen LogP contribution in [-0.4, -0.2) is 72.2 Å². The van der Waals surface area contributed by atoms with E-state index < -0.39 is 64.1 Å². The molecule has 0 aliphatic carbocycles. The molecule has 9 nitrogen and oxygen atoms in total. The van der Waals surface area contributed by atoms with Gasteiger partial charge in [-0.1, -0.05) is 8.01 Å². The van der Waals surface area contributed by atoms with Gasteiger partial charge in [0.2, 0.25) is 0 Å². The Balaban J connectivity index is 3.44. The molecule has 1 saturated heterocycles. The molecule has 1 heterocycles. The van der Waals surface area contributed by atoms with Gasteiger partial charge in [0, 0.05) is 26.2 Å². The molecule has 0 spiro atoms. The predicted molar refractivity (Wildman–Crippen MR) is 70.3 cm³/mol. The van der Waals surface area contributed by atoms with Gasteiger partial charge in [-0.2, -0.15) is 39.1 Å². The quantitative estimate of drug-likeness (QED) is 0.374. The first-order valence-corrected chi connectivity index (χ1v) is 10.4. The van der Waals surface area contributed by atoms with Crippen LogP contribution in [0.1, 0.15) is 0 Å². The SMILES string of the molecule is O=S(=O)(F)NS(=O)(=O)C(F)(F)C(F)(F)C(F)(F)S(=O)(=O)N1CCNCC1. The van der Waals surface area contributed by atoms with Crippen molar-refractivity contribution in [3.63, 3.8) is 0 Å². The van der Waals surface area contributed by atoms with E-state index in [-0.39, 0.29) is 17.4 Å². The molecule has 0 aromatic carbocycles. The van der Waals surface area contributed by atoms with Crippen molar-refractivity contribution in [2.75, 3.05) is 26.2 Å². The molecule has 1 fully saturated rings. The van der Waals surface area contributed by atoms with Crippen LogP contribution in [0.15, 0.2) is 0 Å². The number of halogens is 7. The second kappa shape index (κ2) is 6.69. The Hall–Kier alpha value is -0.760. The highest BCUT2D eigenvalue weighted by atomic mass is 32.3. The Morgan fingerprint density at radius 2 is 1.23 bits per heavy atom.